The first kappa shape index (κ1) is 16.5. The Kier molecular flexibility index (Phi) is 6.48. The maximum atomic E-state index is 11.1. The third-order valence-electron chi connectivity index (χ3n) is 3.44. The van der Waals surface area contributed by atoms with Crippen molar-refractivity contribution in [3.8, 4) is 5.75 Å². The lowest BCUT2D eigenvalue weighted by Gasteiger charge is -2.23. The van der Waals surface area contributed by atoms with Crippen molar-refractivity contribution in [1.82, 2.24) is 5.32 Å². The fourth-order valence-corrected chi connectivity index (χ4v) is 1.84. The molecule has 0 amide bonds. The minimum atomic E-state index is -0.878. The Morgan fingerprint density at radius 3 is 2.75 bits per heavy atom. The average Bonchev–Trinajstić information content (AvgIpc) is 2.46. The highest BCUT2D eigenvalue weighted by Gasteiger charge is 2.29. The number of carboxylic acid groups (broad SMARTS) is 1. The van der Waals surface area contributed by atoms with Crippen LogP contribution < -0.4 is 10.1 Å². The van der Waals surface area contributed by atoms with Gasteiger partial charge in [0.25, 0.3) is 0 Å². The van der Waals surface area contributed by atoms with Crippen molar-refractivity contribution in [1.29, 1.82) is 0 Å². The topological polar surface area (TPSA) is 78.8 Å². The summed E-state index contributed by atoms with van der Waals surface area (Å²) in [6.07, 6.45) is 2.11. The quantitative estimate of drug-likeness (QED) is 0.601. The Morgan fingerprint density at radius 1 is 1.40 bits per heavy atom. The number of rotatable bonds is 9. The van der Waals surface area contributed by atoms with Crippen molar-refractivity contribution >= 4 is 5.97 Å². The van der Waals surface area contributed by atoms with Crippen LogP contribution in [0.25, 0.3) is 0 Å². The number of carbonyl (C=O) groups is 1. The number of nitrogens with one attached hydrogen (secondary N) is 1. The molecule has 5 heteroatoms. The molecule has 0 saturated heterocycles. The summed E-state index contributed by atoms with van der Waals surface area (Å²) in [6, 6.07) is 7.31. The van der Waals surface area contributed by atoms with E-state index in [1.807, 2.05) is 18.2 Å². The molecule has 1 aromatic rings. The van der Waals surface area contributed by atoms with Gasteiger partial charge >= 0.3 is 5.97 Å². The van der Waals surface area contributed by atoms with Crippen molar-refractivity contribution in [3.05, 3.63) is 29.8 Å². The predicted molar refractivity (Wildman–Crippen MR) is 76.8 cm³/mol. The van der Waals surface area contributed by atoms with Crippen molar-refractivity contribution in [2.24, 2.45) is 0 Å². The van der Waals surface area contributed by atoms with E-state index in [1.165, 1.54) is 0 Å². The zero-order valence-corrected chi connectivity index (χ0v) is 12.1. The monoisotopic (exact) mass is 281 g/mol. The summed E-state index contributed by atoms with van der Waals surface area (Å²) < 4.78 is 5.58. The molecule has 1 aromatic carbocycles. The number of unbranched alkanes of at least 4 members (excludes halogenated alkanes) is 1. The maximum absolute atomic E-state index is 11.1. The van der Waals surface area contributed by atoms with Crippen molar-refractivity contribution in [2.75, 3.05) is 13.7 Å². The predicted octanol–water partition coefficient (Wildman–Crippen LogP) is 1.79. The third-order valence-corrected chi connectivity index (χ3v) is 3.44. The van der Waals surface area contributed by atoms with Crippen LogP contribution in [0.5, 0.6) is 5.75 Å². The Bertz CT molecular complexity index is 436. The molecule has 0 aliphatic rings. The van der Waals surface area contributed by atoms with E-state index in [9.17, 15) is 4.79 Å². The van der Waals surface area contributed by atoms with Crippen LogP contribution in [0.15, 0.2) is 24.3 Å². The van der Waals surface area contributed by atoms with Gasteiger partial charge in [0.2, 0.25) is 0 Å². The van der Waals surface area contributed by atoms with E-state index in [4.69, 9.17) is 14.9 Å². The zero-order chi connectivity index (χ0) is 15.0. The molecule has 0 heterocycles. The van der Waals surface area contributed by atoms with Gasteiger partial charge in [-0.2, -0.15) is 0 Å². The van der Waals surface area contributed by atoms with Crippen LogP contribution in [0, 0.1) is 0 Å². The lowest BCUT2D eigenvalue weighted by Crippen LogP contribution is -2.47. The van der Waals surface area contributed by atoms with Gasteiger partial charge in [0, 0.05) is 0 Å². The highest BCUT2D eigenvalue weighted by Crippen LogP contribution is 2.16. The van der Waals surface area contributed by atoms with E-state index in [0.29, 0.717) is 13.0 Å². The van der Waals surface area contributed by atoms with Crippen LogP contribution in [-0.2, 0) is 11.4 Å². The number of ether oxygens (including phenoxy) is 1. The summed E-state index contributed by atoms with van der Waals surface area (Å²) in [5.74, 6) is -0.109. The molecule has 0 bridgehead atoms. The molecule has 1 atom stereocenters. The van der Waals surface area contributed by atoms with E-state index in [0.717, 1.165) is 24.2 Å². The number of aliphatic hydroxyl groups excluding tert-OH is 1. The number of carboxylic acids is 1. The molecule has 1 unspecified atom stereocenters. The fraction of sp³-hybridized carbons (Fsp3) is 0.533. The molecule has 0 aliphatic carbocycles. The Labute approximate surface area is 119 Å². The molecular formula is C15H23NO4. The van der Waals surface area contributed by atoms with Crippen LogP contribution in [0.2, 0.25) is 0 Å². The van der Waals surface area contributed by atoms with Gasteiger partial charge in [-0.3, -0.25) is 4.79 Å². The molecule has 0 spiro atoms. The van der Waals surface area contributed by atoms with E-state index in [1.54, 1.807) is 20.0 Å². The second kappa shape index (κ2) is 7.87. The number of likely N-dealkylation sites (N-methyl/N-ethyl adjacent to an activating group) is 1. The van der Waals surface area contributed by atoms with Gasteiger partial charge in [-0.15, -0.1) is 0 Å². The average molecular weight is 281 g/mol. The molecule has 20 heavy (non-hydrogen) atoms. The smallest absolute Gasteiger partial charge is 0.323 e. The first-order valence-electron chi connectivity index (χ1n) is 6.77. The summed E-state index contributed by atoms with van der Waals surface area (Å²) in [5.41, 5.74) is -0.0623. The molecule has 0 aromatic heterocycles. The SMILES string of the molecule is CNC(C)(CCCCOc1cccc(CO)c1)C(=O)O. The largest absolute Gasteiger partial charge is 0.494 e. The first-order valence-corrected chi connectivity index (χ1v) is 6.77. The molecule has 0 aliphatic heterocycles. The van der Waals surface area contributed by atoms with Gasteiger partial charge in [0.1, 0.15) is 11.3 Å². The first-order chi connectivity index (χ1) is 9.51. The number of hydrogen-bond acceptors (Lipinski definition) is 4. The Hall–Kier alpha value is -1.59. The van der Waals surface area contributed by atoms with Gasteiger partial charge in [-0.1, -0.05) is 12.1 Å². The second-order valence-electron chi connectivity index (χ2n) is 5.00. The van der Waals surface area contributed by atoms with E-state index >= 15 is 0 Å². The molecule has 112 valence electrons. The van der Waals surface area contributed by atoms with Gasteiger partial charge in [-0.25, -0.2) is 0 Å². The summed E-state index contributed by atoms with van der Waals surface area (Å²) in [5, 5.41) is 21.0. The summed E-state index contributed by atoms with van der Waals surface area (Å²) in [7, 11) is 1.66. The second-order valence-corrected chi connectivity index (χ2v) is 5.00. The molecule has 5 nitrogen and oxygen atoms in total. The van der Waals surface area contributed by atoms with Crippen LogP contribution in [0.1, 0.15) is 31.7 Å². The minimum Gasteiger partial charge on any atom is -0.494 e. The number of aliphatic hydroxyl groups is 1. The highest BCUT2D eigenvalue weighted by molar-refractivity contribution is 5.78. The van der Waals surface area contributed by atoms with Crippen LogP contribution >= 0.6 is 0 Å². The Balaban J connectivity index is 2.30. The maximum Gasteiger partial charge on any atom is 0.323 e. The highest BCUT2D eigenvalue weighted by atomic mass is 16.5. The number of hydrogen-bond donors (Lipinski definition) is 3. The molecular weight excluding hydrogens is 258 g/mol. The zero-order valence-electron chi connectivity index (χ0n) is 12.1. The van der Waals surface area contributed by atoms with Gasteiger partial charge in [0.15, 0.2) is 0 Å². The number of aliphatic carboxylic acids is 1. The van der Waals surface area contributed by atoms with Crippen LogP contribution in [0.3, 0.4) is 0 Å². The lowest BCUT2D eigenvalue weighted by molar-refractivity contribution is -0.144. The fourth-order valence-electron chi connectivity index (χ4n) is 1.84. The summed E-state index contributed by atoms with van der Waals surface area (Å²) in [4.78, 5) is 11.1. The molecule has 3 N–H and O–H groups in total. The third kappa shape index (κ3) is 4.83. The standard InChI is InChI=1S/C15H23NO4/c1-15(16-2,14(18)19)8-3-4-9-20-13-7-5-6-12(10-13)11-17/h5-7,10,16-17H,3-4,8-9,11H2,1-2H3,(H,18,19). The van der Waals surface area contributed by atoms with Crippen LogP contribution in [-0.4, -0.2) is 35.4 Å². The van der Waals surface area contributed by atoms with E-state index in [-0.39, 0.29) is 6.61 Å². The van der Waals surface area contributed by atoms with Crippen molar-refractivity contribution < 1.29 is 19.7 Å². The van der Waals surface area contributed by atoms with Crippen LogP contribution in [0.4, 0.5) is 0 Å². The molecule has 0 saturated carbocycles. The van der Waals surface area contributed by atoms with Gasteiger partial charge in [0.05, 0.1) is 13.2 Å². The summed E-state index contributed by atoms with van der Waals surface area (Å²) >= 11 is 0. The molecule has 0 radical (unpaired) electrons. The number of benzene rings is 1. The summed E-state index contributed by atoms with van der Waals surface area (Å²) in [6.45, 7) is 2.21. The molecule has 1 rings (SSSR count). The van der Waals surface area contributed by atoms with Gasteiger partial charge < -0.3 is 20.3 Å². The van der Waals surface area contributed by atoms with Gasteiger partial charge in [-0.05, 0) is 50.9 Å². The normalized spacial score (nSPS) is 13.8. The lowest BCUT2D eigenvalue weighted by atomic mass is 9.95. The van der Waals surface area contributed by atoms with E-state index < -0.39 is 11.5 Å². The van der Waals surface area contributed by atoms with E-state index in [2.05, 4.69) is 5.32 Å². The Morgan fingerprint density at radius 2 is 2.15 bits per heavy atom. The van der Waals surface area contributed by atoms with Crippen molar-refractivity contribution in [3.63, 3.8) is 0 Å². The molecule has 0 fully saturated rings. The van der Waals surface area contributed by atoms with Crippen molar-refractivity contribution in [2.45, 2.75) is 38.3 Å². The minimum absolute atomic E-state index is 0.00364.